The van der Waals surface area contributed by atoms with Gasteiger partial charge in [-0.3, -0.25) is 9.59 Å². The highest BCUT2D eigenvalue weighted by molar-refractivity contribution is 6.00. The minimum Gasteiger partial charge on any atom is -0.493 e. The number of carbonyl (C=O) groups excluding carboxylic acids is 2. The van der Waals surface area contributed by atoms with E-state index in [2.05, 4.69) is 5.32 Å². The minimum atomic E-state index is -0.108. The number of methoxy groups -OCH3 is 2. The number of hydrogen-bond acceptors (Lipinski definition) is 4. The second-order valence-corrected chi connectivity index (χ2v) is 7.16. The predicted octanol–water partition coefficient (Wildman–Crippen LogP) is 2.86. The van der Waals surface area contributed by atoms with Gasteiger partial charge in [0, 0.05) is 25.1 Å². The average molecular weight is 380 g/mol. The summed E-state index contributed by atoms with van der Waals surface area (Å²) in [5.41, 5.74) is 4.84. The molecule has 146 valence electrons. The molecule has 0 aliphatic carbocycles. The number of benzene rings is 2. The van der Waals surface area contributed by atoms with Crippen molar-refractivity contribution >= 4 is 17.5 Å². The van der Waals surface area contributed by atoms with Gasteiger partial charge in [-0.05, 0) is 60.2 Å². The van der Waals surface area contributed by atoms with E-state index in [0.717, 1.165) is 41.8 Å². The van der Waals surface area contributed by atoms with Gasteiger partial charge in [0.2, 0.25) is 5.91 Å². The molecule has 0 aromatic heterocycles. The molecule has 0 unspecified atom stereocenters. The van der Waals surface area contributed by atoms with E-state index in [9.17, 15) is 9.59 Å². The second-order valence-electron chi connectivity index (χ2n) is 7.16. The van der Waals surface area contributed by atoms with Crippen LogP contribution in [0.25, 0.3) is 0 Å². The standard InChI is InChI=1S/C22H24N2O4/c1-27-18-7-5-14(10-19(18)28-2)13-23-22(26)17-11-15-4-3-9-24-20(25)8-6-16(12-17)21(15)24/h5,7,10-12H,3-4,6,8-9,13H2,1-2H3,(H,23,26). The Kier molecular flexibility index (Phi) is 4.94. The van der Waals surface area contributed by atoms with E-state index in [1.165, 1.54) is 0 Å². The maximum Gasteiger partial charge on any atom is 0.251 e. The molecular weight excluding hydrogens is 356 g/mol. The van der Waals surface area contributed by atoms with Gasteiger partial charge in [0.05, 0.1) is 19.9 Å². The highest BCUT2D eigenvalue weighted by Crippen LogP contribution is 2.36. The third-order valence-corrected chi connectivity index (χ3v) is 5.44. The first kappa shape index (κ1) is 18.3. The zero-order chi connectivity index (χ0) is 19.7. The lowest BCUT2D eigenvalue weighted by Gasteiger charge is -2.35. The third kappa shape index (κ3) is 3.30. The van der Waals surface area contributed by atoms with Crippen LogP contribution in [0.3, 0.4) is 0 Å². The molecule has 6 nitrogen and oxygen atoms in total. The largest absolute Gasteiger partial charge is 0.493 e. The van der Waals surface area contributed by atoms with Gasteiger partial charge in [0.1, 0.15) is 0 Å². The molecule has 0 saturated heterocycles. The van der Waals surface area contributed by atoms with E-state index in [1.54, 1.807) is 14.2 Å². The van der Waals surface area contributed by atoms with Gasteiger partial charge >= 0.3 is 0 Å². The fraction of sp³-hybridized carbons (Fsp3) is 0.364. The van der Waals surface area contributed by atoms with Crippen LogP contribution in [0, 0.1) is 0 Å². The molecule has 2 aliphatic rings. The number of hydrogen-bond donors (Lipinski definition) is 1. The van der Waals surface area contributed by atoms with Crippen molar-refractivity contribution in [1.82, 2.24) is 5.32 Å². The Bertz CT molecular complexity index is 921. The van der Waals surface area contributed by atoms with E-state index in [0.29, 0.717) is 36.4 Å². The molecule has 2 heterocycles. The molecule has 0 atom stereocenters. The van der Waals surface area contributed by atoms with E-state index >= 15 is 0 Å². The van der Waals surface area contributed by atoms with Crippen molar-refractivity contribution in [2.45, 2.75) is 32.2 Å². The number of nitrogens with one attached hydrogen (secondary N) is 1. The van der Waals surface area contributed by atoms with Crippen molar-refractivity contribution in [1.29, 1.82) is 0 Å². The van der Waals surface area contributed by atoms with E-state index in [4.69, 9.17) is 9.47 Å². The Hall–Kier alpha value is -3.02. The van der Waals surface area contributed by atoms with E-state index in [1.807, 2.05) is 35.2 Å². The molecular formula is C22H24N2O4. The Morgan fingerprint density at radius 2 is 1.79 bits per heavy atom. The van der Waals surface area contributed by atoms with Crippen LogP contribution in [0.4, 0.5) is 5.69 Å². The van der Waals surface area contributed by atoms with Gasteiger partial charge in [0.25, 0.3) is 5.91 Å². The summed E-state index contributed by atoms with van der Waals surface area (Å²) in [5, 5.41) is 2.98. The SMILES string of the molecule is COc1ccc(CNC(=O)c2cc3c4c(c2)CCC(=O)N4CCC3)cc1OC. The molecule has 0 fully saturated rings. The first-order valence-electron chi connectivity index (χ1n) is 9.56. The quantitative estimate of drug-likeness (QED) is 0.866. The minimum absolute atomic E-state index is 0.108. The Balaban J connectivity index is 1.52. The fourth-order valence-electron chi connectivity index (χ4n) is 4.06. The van der Waals surface area contributed by atoms with Crippen molar-refractivity contribution in [2.75, 3.05) is 25.7 Å². The van der Waals surface area contributed by atoms with Crippen molar-refractivity contribution in [3.63, 3.8) is 0 Å². The number of carbonyl (C=O) groups is 2. The van der Waals surface area contributed by atoms with Crippen LogP contribution in [-0.2, 0) is 24.2 Å². The van der Waals surface area contributed by atoms with Gasteiger partial charge in [-0.15, -0.1) is 0 Å². The Morgan fingerprint density at radius 1 is 1.04 bits per heavy atom. The van der Waals surface area contributed by atoms with Crippen molar-refractivity contribution in [3.05, 3.63) is 52.6 Å². The number of rotatable bonds is 5. The van der Waals surface area contributed by atoms with Crippen molar-refractivity contribution in [2.24, 2.45) is 0 Å². The average Bonchev–Trinajstić information content (AvgIpc) is 2.74. The summed E-state index contributed by atoms with van der Waals surface area (Å²) in [7, 11) is 3.18. The van der Waals surface area contributed by atoms with Crippen molar-refractivity contribution in [3.8, 4) is 11.5 Å². The van der Waals surface area contributed by atoms with Gasteiger partial charge in [-0.2, -0.15) is 0 Å². The topological polar surface area (TPSA) is 67.9 Å². The Morgan fingerprint density at radius 3 is 2.54 bits per heavy atom. The van der Waals surface area contributed by atoms with Gasteiger partial charge < -0.3 is 19.7 Å². The number of anilines is 1. The molecule has 0 radical (unpaired) electrons. The molecule has 0 spiro atoms. The van der Waals surface area contributed by atoms with Gasteiger partial charge in [0.15, 0.2) is 11.5 Å². The molecule has 2 aromatic carbocycles. The molecule has 4 rings (SSSR count). The Labute approximate surface area is 164 Å². The van der Waals surface area contributed by atoms with E-state index in [-0.39, 0.29) is 11.8 Å². The number of aryl methyl sites for hydroxylation is 2. The monoisotopic (exact) mass is 380 g/mol. The van der Waals surface area contributed by atoms with Crippen LogP contribution in [0.1, 0.15) is 39.9 Å². The number of amides is 2. The number of ether oxygens (including phenoxy) is 2. The lowest BCUT2D eigenvalue weighted by Crippen LogP contribution is -2.39. The summed E-state index contributed by atoms with van der Waals surface area (Å²) >= 11 is 0. The molecule has 28 heavy (non-hydrogen) atoms. The lowest BCUT2D eigenvalue weighted by molar-refractivity contribution is -0.119. The smallest absolute Gasteiger partial charge is 0.251 e. The summed E-state index contributed by atoms with van der Waals surface area (Å²) in [6.07, 6.45) is 3.06. The highest BCUT2D eigenvalue weighted by Gasteiger charge is 2.30. The summed E-state index contributed by atoms with van der Waals surface area (Å²) in [5.74, 6) is 1.38. The molecule has 1 N–H and O–H groups in total. The van der Waals surface area contributed by atoms with Crippen LogP contribution < -0.4 is 19.7 Å². The van der Waals surface area contributed by atoms with Crippen LogP contribution >= 0.6 is 0 Å². The molecule has 2 amide bonds. The van der Waals surface area contributed by atoms with Crippen LogP contribution in [0.15, 0.2) is 30.3 Å². The maximum atomic E-state index is 12.8. The second kappa shape index (κ2) is 7.54. The number of nitrogens with zero attached hydrogens (tertiary/aromatic N) is 1. The normalized spacial score (nSPS) is 15.1. The molecule has 2 aromatic rings. The third-order valence-electron chi connectivity index (χ3n) is 5.44. The zero-order valence-electron chi connectivity index (χ0n) is 16.2. The fourth-order valence-corrected chi connectivity index (χ4v) is 4.06. The van der Waals surface area contributed by atoms with Gasteiger partial charge in [-0.25, -0.2) is 0 Å². The molecule has 0 saturated carbocycles. The lowest BCUT2D eigenvalue weighted by atomic mass is 9.89. The predicted molar refractivity (Wildman–Crippen MR) is 106 cm³/mol. The van der Waals surface area contributed by atoms with Gasteiger partial charge in [-0.1, -0.05) is 6.07 Å². The maximum absolute atomic E-state index is 12.8. The summed E-state index contributed by atoms with van der Waals surface area (Å²) in [6.45, 7) is 1.18. The summed E-state index contributed by atoms with van der Waals surface area (Å²) < 4.78 is 10.6. The molecule has 6 heteroatoms. The summed E-state index contributed by atoms with van der Waals surface area (Å²) in [4.78, 5) is 26.8. The van der Waals surface area contributed by atoms with E-state index < -0.39 is 0 Å². The van der Waals surface area contributed by atoms with Crippen LogP contribution in [-0.4, -0.2) is 32.6 Å². The first-order chi connectivity index (χ1) is 13.6. The van der Waals surface area contributed by atoms with Crippen LogP contribution in [0.2, 0.25) is 0 Å². The zero-order valence-corrected chi connectivity index (χ0v) is 16.2. The first-order valence-corrected chi connectivity index (χ1v) is 9.56. The van der Waals surface area contributed by atoms with Crippen molar-refractivity contribution < 1.29 is 19.1 Å². The highest BCUT2D eigenvalue weighted by atomic mass is 16.5. The molecule has 0 bridgehead atoms. The van der Waals surface area contributed by atoms with Crippen LogP contribution in [0.5, 0.6) is 11.5 Å². The molecule has 2 aliphatic heterocycles. The summed E-state index contributed by atoms with van der Waals surface area (Å²) in [6, 6.07) is 9.47.